The highest BCUT2D eigenvalue weighted by molar-refractivity contribution is 6.30. The fourth-order valence-electron chi connectivity index (χ4n) is 2.23. The van der Waals surface area contributed by atoms with Crippen molar-refractivity contribution in [2.24, 2.45) is 0 Å². The third-order valence-electron chi connectivity index (χ3n) is 3.11. The minimum Gasteiger partial charge on any atom is -0.0885 e. The Morgan fingerprint density at radius 2 is 1.67 bits per heavy atom. The monoisotopic (exact) mass is 220 g/mol. The van der Waals surface area contributed by atoms with Crippen LogP contribution in [0.2, 0.25) is 5.02 Å². The molecule has 0 aliphatic heterocycles. The van der Waals surface area contributed by atoms with Gasteiger partial charge in [-0.1, -0.05) is 35.9 Å². The summed E-state index contributed by atoms with van der Waals surface area (Å²) in [5.74, 6) is 0.729. The van der Waals surface area contributed by atoms with Crippen LogP contribution in [0.3, 0.4) is 0 Å². The van der Waals surface area contributed by atoms with Gasteiger partial charge in [-0.3, -0.25) is 0 Å². The highest BCUT2D eigenvalue weighted by atomic mass is 35.5. The zero-order valence-electron chi connectivity index (χ0n) is 8.95. The molecule has 15 heavy (non-hydrogen) atoms. The van der Waals surface area contributed by atoms with Gasteiger partial charge in [0.25, 0.3) is 0 Å². The van der Waals surface area contributed by atoms with Gasteiger partial charge in [-0.15, -0.1) is 0 Å². The van der Waals surface area contributed by atoms with Crippen LogP contribution in [0.25, 0.3) is 0 Å². The van der Waals surface area contributed by atoms with Crippen LogP contribution in [0.15, 0.2) is 36.4 Å². The van der Waals surface area contributed by atoms with E-state index in [-0.39, 0.29) is 0 Å². The molecule has 2 rings (SSSR count). The molecule has 1 unspecified atom stereocenters. The molecule has 0 amide bonds. The van der Waals surface area contributed by atoms with E-state index in [0.717, 1.165) is 10.9 Å². The van der Waals surface area contributed by atoms with E-state index in [4.69, 9.17) is 11.6 Å². The van der Waals surface area contributed by atoms with Crippen LogP contribution in [0.4, 0.5) is 0 Å². The minimum atomic E-state index is 0.729. The second-order valence-corrected chi connectivity index (χ2v) is 4.66. The molecule has 1 aromatic rings. The van der Waals surface area contributed by atoms with Gasteiger partial charge in [-0.2, -0.15) is 0 Å². The molecule has 0 saturated carbocycles. The maximum Gasteiger partial charge on any atom is 0.0406 e. The Hall–Kier alpha value is -0.750. The third-order valence-corrected chi connectivity index (χ3v) is 3.37. The van der Waals surface area contributed by atoms with Gasteiger partial charge in [0.15, 0.2) is 0 Å². The average Bonchev–Trinajstić information content (AvgIpc) is 2.19. The standard InChI is InChI=1S/C14H17Cl/c15-14-10-8-13(9-11-14)12-6-4-2-1-3-5-7-12/h1-2,8-12H,3-7H2. The molecule has 0 aromatic heterocycles. The number of hydrogen-bond acceptors (Lipinski definition) is 0. The first-order chi connectivity index (χ1) is 7.36. The summed E-state index contributed by atoms with van der Waals surface area (Å²) < 4.78 is 0. The second kappa shape index (κ2) is 5.37. The Labute approximate surface area is 97.0 Å². The van der Waals surface area contributed by atoms with Gasteiger partial charge in [0.2, 0.25) is 0 Å². The third kappa shape index (κ3) is 3.10. The number of benzene rings is 1. The molecule has 0 spiro atoms. The molecule has 1 aliphatic carbocycles. The Bertz CT molecular complexity index is 324. The summed E-state index contributed by atoms with van der Waals surface area (Å²) in [5.41, 5.74) is 1.45. The molecule has 0 fully saturated rings. The SMILES string of the molecule is Clc1ccc(C2CCC=CCCC2)cc1. The zero-order valence-corrected chi connectivity index (χ0v) is 9.71. The lowest BCUT2D eigenvalue weighted by molar-refractivity contribution is 0.550. The predicted molar refractivity (Wildman–Crippen MR) is 66.4 cm³/mol. The van der Waals surface area contributed by atoms with Crippen molar-refractivity contribution in [3.63, 3.8) is 0 Å². The van der Waals surface area contributed by atoms with Gasteiger partial charge in [-0.25, -0.2) is 0 Å². The summed E-state index contributed by atoms with van der Waals surface area (Å²) in [7, 11) is 0. The Balaban J connectivity index is 2.08. The number of hydrogen-bond donors (Lipinski definition) is 0. The van der Waals surface area contributed by atoms with Gasteiger partial charge >= 0.3 is 0 Å². The molecule has 1 aromatic carbocycles. The predicted octanol–water partition coefficient (Wildman–Crippen LogP) is 4.94. The van der Waals surface area contributed by atoms with Crippen molar-refractivity contribution in [2.45, 2.75) is 38.0 Å². The van der Waals surface area contributed by atoms with Crippen molar-refractivity contribution in [3.05, 3.63) is 47.0 Å². The first-order valence-corrected chi connectivity index (χ1v) is 6.14. The van der Waals surface area contributed by atoms with Gasteiger partial charge in [0.1, 0.15) is 0 Å². The number of rotatable bonds is 1. The lowest BCUT2D eigenvalue weighted by Crippen LogP contribution is -2.00. The van der Waals surface area contributed by atoms with Crippen LogP contribution in [-0.2, 0) is 0 Å². The Morgan fingerprint density at radius 1 is 0.933 bits per heavy atom. The first-order valence-electron chi connectivity index (χ1n) is 5.77. The Kier molecular flexibility index (Phi) is 3.85. The molecule has 0 heterocycles. The van der Waals surface area contributed by atoms with E-state index in [2.05, 4.69) is 24.3 Å². The van der Waals surface area contributed by atoms with Crippen molar-refractivity contribution >= 4 is 11.6 Å². The minimum absolute atomic E-state index is 0.729. The van der Waals surface area contributed by atoms with Crippen molar-refractivity contribution in [1.82, 2.24) is 0 Å². The molecule has 1 aliphatic rings. The molecule has 0 N–H and O–H groups in total. The molecule has 0 radical (unpaired) electrons. The maximum atomic E-state index is 5.90. The lowest BCUT2D eigenvalue weighted by Gasteiger charge is -2.17. The molecule has 1 atom stereocenters. The summed E-state index contributed by atoms with van der Waals surface area (Å²) in [5, 5.41) is 0.837. The fourth-order valence-corrected chi connectivity index (χ4v) is 2.35. The summed E-state index contributed by atoms with van der Waals surface area (Å²) in [4.78, 5) is 0. The van der Waals surface area contributed by atoms with Crippen LogP contribution in [-0.4, -0.2) is 0 Å². The van der Waals surface area contributed by atoms with Gasteiger partial charge < -0.3 is 0 Å². The highest BCUT2D eigenvalue weighted by Crippen LogP contribution is 2.29. The largest absolute Gasteiger partial charge is 0.0885 e. The summed E-state index contributed by atoms with van der Waals surface area (Å²) >= 11 is 5.90. The van der Waals surface area contributed by atoms with Gasteiger partial charge in [0.05, 0.1) is 0 Å². The fraction of sp³-hybridized carbons (Fsp3) is 0.429. The van der Waals surface area contributed by atoms with Gasteiger partial charge in [0, 0.05) is 5.02 Å². The van der Waals surface area contributed by atoms with Crippen LogP contribution in [0.5, 0.6) is 0 Å². The molecule has 1 heteroatoms. The molecule has 0 nitrogen and oxygen atoms in total. The molecular weight excluding hydrogens is 204 g/mol. The van der Waals surface area contributed by atoms with Gasteiger partial charge in [-0.05, 0) is 55.7 Å². The topological polar surface area (TPSA) is 0 Å². The van der Waals surface area contributed by atoms with Crippen molar-refractivity contribution in [2.75, 3.05) is 0 Å². The van der Waals surface area contributed by atoms with Crippen molar-refractivity contribution in [3.8, 4) is 0 Å². The quantitative estimate of drug-likeness (QED) is 0.588. The normalized spacial score (nSPS) is 22.1. The summed E-state index contributed by atoms with van der Waals surface area (Å²) in [6, 6.07) is 8.37. The zero-order chi connectivity index (χ0) is 10.5. The van der Waals surface area contributed by atoms with Crippen LogP contribution in [0, 0.1) is 0 Å². The highest BCUT2D eigenvalue weighted by Gasteiger charge is 2.11. The van der Waals surface area contributed by atoms with E-state index < -0.39 is 0 Å². The van der Waals surface area contributed by atoms with E-state index in [1.165, 1.54) is 37.7 Å². The van der Waals surface area contributed by atoms with E-state index in [9.17, 15) is 0 Å². The second-order valence-electron chi connectivity index (χ2n) is 4.23. The van der Waals surface area contributed by atoms with E-state index in [1.807, 2.05) is 12.1 Å². The molecular formula is C14H17Cl. The number of halogens is 1. The lowest BCUT2D eigenvalue weighted by atomic mass is 9.88. The maximum absolute atomic E-state index is 5.90. The summed E-state index contributed by atoms with van der Waals surface area (Å²) in [6.45, 7) is 0. The number of allylic oxidation sites excluding steroid dienone is 2. The molecule has 0 saturated heterocycles. The smallest absolute Gasteiger partial charge is 0.0406 e. The van der Waals surface area contributed by atoms with Crippen LogP contribution < -0.4 is 0 Å². The van der Waals surface area contributed by atoms with E-state index in [1.54, 1.807) is 0 Å². The molecule has 80 valence electrons. The average molecular weight is 221 g/mol. The van der Waals surface area contributed by atoms with Crippen molar-refractivity contribution in [1.29, 1.82) is 0 Å². The van der Waals surface area contributed by atoms with Crippen LogP contribution in [0.1, 0.15) is 43.6 Å². The van der Waals surface area contributed by atoms with E-state index in [0.29, 0.717) is 0 Å². The molecule has 0 bridgehead atoms. The summed E-state index contributed by atoms with van der Waals surface area (Å²) in [6.07, 6.45) is 11.0. The van der Waals surface area contributed by atoms with Crippen LogP contribution >= 0.6 is 11.6 Å². The first kappa shape index (κ1) is 10.8. The van der Waals surface area contributed by atoms with Crippen molar-refractivity contribution < 1.29 is 0 Å². The van der Waals surface area contributed by atoms with E-state index >= 15 is 0 Å². The Morgan fingerprint density at radius 3 is 2.47 bits per heavy atom.